The molecule has 1 unspecified atom stereocenters. The fourth-order valence-electron chi connectivity index (χ4n) is 2.13. The van der Waals surface area contributed by atoms with Crippen LogP contribution in [0.4, 0.5) is 0 Å². The van der Waals surface area contributed by atoms with E-state index in [1.807, 2.05) is 25.2 Å². The molecule has 0 saturated heterocycles. The second-order valence-electron chi connectivity index (χ2n) is 4.40. The Morgan fingerprint density at radius 3 is 2.85 bits per heavy atom. The standard InChI is InChI=1S/C15H16BrClN2O/c1-18-14(7-10-5-6-19-9-13(10)17)12-4-3-11(16)8-15(12)20-2/h3-6,8-9,14,18H,7H2,1-2H3. The minimum atomic E-state index is 0.123. The minimum Gasteiger partial charge on any atom is -0.496 e. The number of hydrogen-bond acceptors (Lipinski definition) is 3. The highest BCUT2D eigenvalue weighted by Gasteiger charge is 2.16. The van der Waals surface area contributed by atoms with Crippen molar-refractivity contribution < 1.29 is 4.74 Å². The van der Waals surface area contributed by atoms with Crippen LogP contribution in [0.2, 0.25) is 5.02 Å². The Morgan fingerprint density at radius 2 is 2.20 bits per heavy atom. The van der Waals surface area contributed by atoms with E-state index in [1.165, 1.54) is 0 Å². The zero-order valence-corrected chi connectivity index (χ0v) is 13.7. The third kappa shape index (κ3) is 3.51. The minimum absolute atomic E-state index is 0.123. The monoisotopic (exact) mass is 354 g/mol. The van der Waals surface area contributed by atoms with Crippen LogP contribution in [0.25, 0.3) is 0 Å². The molecule has 1 aromatic carbocycles. The van der Waals surface area contributed by atoms with Gasteiger partial charge in [0.25, 0.3) is 0 Å². The fraction of sp³-hybridized carbons (Fsp3) is 0.267. The first-order valence-electron chi connectivity index (χ1n) is 6.24. The zero-order chi connectivity index (χ0) is 14.5. The Balaban J connectivity index is 2.31. The van der Waals surface area contributed by atoms with Crippen LogP contribution in [0.5, 0.6) is 5.75 Å². The molecular weight excluding hydrogens is 340 g/mol. The lowest BCUT2D eigenvalue weighted by Crippen LogP contribution is -2.19. The maximum atomic E-state index is 6.18. The van der Waals surface area contributed by atoms with E-state index in [1.54, 1.807) is 19.5 Å². The fourth-order valence-corrected chi connectivity index (χ4v) is 2.67. The van der Waals surface area contributed by atoms with Gasteiger partial charge in [-0.2, -0.15) is 0 Å². The summed E-state index contributed by atoms with van der Waals surface area (Å²) in [6, 6.07) is 8.10. The largest absolute Gasteiger partial charge is 0.496 e. The summed E-state index contributed by atoms with van der Waals surface area (Å²) in [4.78, 5) is 4.01. The van der Waals surface area contributed by atoms with Crippen LogP contribution in [0, 0.1) is 0 Å². The van der Waals surface area contributed by atoms with Gasteiger partial charge in [0.05, 0.1) is 12.1 Å². The molecule has 2 aromatic rings. The lowest BCUT2D eigenvalue weighted by atomic mass is 9.99. The molecule has 0 aliphatic rings. The van der Waals surface area contributed by atoms with E-state index >= 15 is 0 Å². The van der Waals surface area contributed by atoms with E-state index in [2.05, 4.69) is 32.3 Å². The van der Waals surface area contributed by atoms with Crippen LogP contribution < -0.4 is 10.1 Å². The molecule has 0 amide bonds. The summed E-state index contributed by atoms with van der Waals surface area (Å²) in [6.45, 7) is 0. The molecule has 1 N–H and O–H groups in total. The average molecular weight is 356 g/mol. The van der Waals surface area contributed by atoms with Gasteiger partial charge in [-0.1, -0.05) is 33.6 Å². The van der Waals surface area contributed by atoms with Crippen molar-refractivity contribution in [2.24, 2.45) is 0 Å². The number of likely N-dealkylation sites (N-methyl/N-ethyl adjacent to an activating group) is 1. The molecule has 0 saturated carbocycles. The molecule has 106 valence electrons. The highest BCUT2D eigenvalue weighted by molar-refractivity contribution is 9.10. The number of methoxy groups -OCH3 is 1. The summed E-state index contributed by atoms with van der Waals surface area (Å²) in [6.07, 6.45) is 4.20. The normalized spacial score (nSPS) is 12.2. The van der Waals surface area contributed by atoms with Crippen LogP contribution in [-0.2, 0) is 6.42 Å². The number of nitrogens with one attached hydrogen (secondary N) is 1. The number of aromatic nitrogens is 1. The number of halogens is 2. The summed E-state index contributed by atoms with van der Waals surface area (Å²) in [5, 5.41) is 4.00. The molecule has 20 heavy (non-hydrogen) atoms. The number of rotatable bonds is 5. The summed E-state index contributed by atoms with van der Waals surface area (Å²) >= 11 is 9.64. The lowest BCUT2D eigenvalue weighted by Gasteiger charge is -2.20. The van der Waals surface area contributed by atoms with Crippen molar-refractivity contribution in [3.63, 3.8) is 0 Å². The van der Waals surface area contributed by atoms with Crippen LogP contribution in [-0.4, -0.2) is 19.1 Å². The molecule has 2 rings (SSSR count). The number of ether oxygens (including phenoxy) is 1. The van der Waals surface area contributed by atoms with E-state index in [0.29, 0.717) is 5.02 Å². The van der Waals surface area contributed by atoms with E-state index in [9.17, 15) is 0 Å². The molecular formula is C15H16BrClN2O. The summed E-state index contributed by atoms with van der Waals surface area (Å²) in [7, 11) is 3.61. The molecule has 1 aromatic heterocycles. The van der Waals surface area contributed by atoms with Gasteiger partial charge >= 0.3 is 0 Å². The first-order valence-corrected chi connectivity index (χ1v) is 7.42. The predicted octanol–water partition coefficient (Wildman–Crippen LogP) is 4.01. The molecule has 0 spiro atoms. The molecule has 3 nitrogen and oxygen atoms in total. The maximum Gasteiger partial charge on any atom is 0.124 e. The summed E-state index contributed by atoms with van der Waals surface area (Å²) < 4.78 is 6.46. The van der Waals surface area contributed by atoms with Crippen molar-refractivity contribution in [1.29, 1.82) is 0 Å². The third-order valence-corrected chi connectivity index (χ3v) is 4.03. The Labute approximate surface area is 132 Å². The van der Waals surface area contributed by atoms with E-state index in [-0.39, 0.29) is 6.04 Å². The molecule has 0 aliphatic heterocycles. The molecule has 1 atom stereocenters. The average Bonchev–Trinajstić information content (AvgIpc) is 2.46. The Bertz CT molecular complexity index is 592. The number of nitrogens with zero attached hydrogens (tertiary/aromatic N) is 1. The molecule has 0 aliphatic carbocycles. The molecule has 1 heterocycles. The first-order chi connectivity index (χ1) is 9.65. The van der Waals surface area contributed by atoms with Crippen LogP contribution in [0.3, 0.4) is 0 Å². The lowest BCUT2D eigenvalue weighted by molar-refractivity contribution is 0.401. The second-order valence-corrected chi connectivity index (χ2v) is 5.72. The Morgan fingerprint density at radius 1 is 1.40 bits per heavy atom. The van der Waals surface area contributed by atoms with Gasteiger partial charge in [-0.3, -0.25) is 4.98 Å². The van der Waals surface area contributed by atoms with Gasteiger partial charge in [-0.05, 0) is 37.2 Å². The predicted molar refractivity (Wildman–Crippen MR) is 85.4 cm³/mol. The number of hydrogen-bond donors (Lipinski definition) is 1. The quantitative estimate of drug-likeness (QED) is 0.880. The van der Waals surface area contributed by atoms with Crippen LogP contribution in [0.1, 0.15) is 17.2 Å². The smallest absolute Gasteiger partial charge is 0.124 e. The summed E-state index contributed by atoms with van der Waals surface area (Å²) in [5.41, 5.74) is 2.16. The second kappa shape index (κ2) is 7.07. The van der Waals surface area contributed by atoms with Gasteiger partial charge in [-0.25, -0.2) is 0 Å². The highest BCUT2D eigenvalue weighted by Crippen LogP contribution is 2.31. The maximum absolute atomic E-state index is 6.18. The van der Waals surface area contributed by atoms with Crippen molar-refractivity contribution in [3.8, 4) is 5.75 Å². The van der Waals surface area contributed by atoms with Gasteiger partial charge in [0, 0.05) is 28.5 Å². The topological polar surface area (TPSA) is 34.2 Å². The Hall–Kier alpha value is -1.10. The van der Waals surface area contributed by atoms with Crippen LogP contribution >= 0.6 is 27.5 Å². The molecule has 5 heteroatoms. The van der Waals surface area contributed by atoms with Gasteiger partial charge in [0.2, 0.25) is 0 Å². The van der Waals surface area contributed by atoms with Crippen molar-refractivity contribution >= 4 is 27.5 Å². The van der Waals surface area contributed by atoms with Crippen molar-refractivity contribution in [1.82, 2.24) is 10.3 Å². The van der Waals surface area contributed by atoms with E-state index in [0.717, 1.165) is 27.8 Å². The van der Waals surface area contributed by atoms with Gasteiger partial charge in [0.15, 0.2) is 0 Å². The third-order valence-electron chi connectivity index (χ3n) is 3.20. The molecule has 0 bridgehead atoms. The Kier molecular flexibility index (Phi) is 5.40. The van der Waals surface area contributed by atoms with Gasteiger partial charge in [0.1, 0.15) is 5.75 Å². The van der Waals surface area contributed by atoms with Crippen molar-refractivity contribution in [2.45, 2.75) is 12.5 Å². The SMILES string of the molecule is CNC(Cc1ccncc1Cl)c1ccc(Br)cc1OC. The highest BCUT2D eigenvalue weighted by atomic mass is 79.9. The summed E-state index contributed by atoms with van der Waals surface area (Å²) in [5.74, 6) is 0.851. The van der Waals surface area contributed by atoms with E-state index in [4.69, 9.17) is 16.3 Å². The van der Waals surface area contributed by atoms with Crippen molar-refractivity contribution in [2.75, 3.05) is 14.2 Å². The van der Waals surface area contributed by atoms with Crippen LogP contribution in [0.15, 0.2) is 41.1 Å². The van der Waals surface area contributed by atoms with E-state index < -0.39 is 0 Å². The molecule has 0 radical (unpaired) electrons. The van der Waals surface area contributed by atoms with Gasteiger partial charge in [-0.15, -0.1) is 0 Å². The number of pyridine rings is 1. The molecule has 0 fully saturated rings. The zero-order valence-electron chi connectivity index (χ0n) is 11.4. The first kappa shape index (κ1) is 15.3. The van der Waals surface area contributed by atoms with Crippen molar-refractivity contribution in [3.05, 3.63) is 57.3 Å². The number of benzene rings is 1. The van der Waals surface area contributed by atoms with Gasteiger partial charge < -0.3 is 10.1 Å².